The summed E-state index contributed by atoms with van der Waals surface area (Å²) in [6, 6.07) is 10.0. The smallest absolute Gasteiger partial charge is 0.224 e. The molecule has 160 valence electrons. The van der Waals surface area contributed by atoms with Crippen molar-refractivity contribution in [2.75, 3.05) is 23.4 Å². The zero-order valence-corrected chi connectivity index (χ0v) is 18.5. The summed E-state index contributed by atoms with van der Waals surface area (Å²) in [6.45, 7) is 4.77. The van der Waals surface area contributed by atoms with E-state index in [1.54, 1.807) is 6.26 Å². The van der Waals surface area contributed by atoms with Crippen LogP contribution in [-0.4, -0.2) is 44.6 Å². The molecule has 0 spiro atoms. The number of rotatable bonds is 7. The van der Waals surface area contributed by atoms with Crippen LogP contribution in [0.4, 0.5) is 11.8 Å². The quantitative estimate of drug-likeness (QED) is 0.581. The lowest BCUT2D eigenvalue weighted by Crippen LogP contribution is -2.41. The lowest BCUT2D eigenvalue weighted by Gasteiger charge is -2.40. The standard InChI is InChI=1S/C22H29N5O2S/c1-22(2)12-17(6-9-19(22)28)26-20-16(13-23)14-25-21(27-20)24-11-10-15-4-7-18(8-5-15)30(3)29/h4-5,7-8,14,17,19,28H,6,9-12H2,1-3H3,(H2,24,25,26,27)/t17-,19+,30?/m1/s1. The van der Waals surface area contributed by atoms with Gasteiger partial charge in [-0.15, -0.1) is 0 Å². The molecule has 0 bridgehead atoms. The predicted molar refractivity (Wildman–Crippen MR) is 119 cm³/mol. The lowest BCUT2D eigenvalue weighted by atomic mass is 9.73. The summed E-state index contributed by atoms with van der Waals surface area (Å²) in [5.74, 6) is 1.000. The molecule has 2 aromatic rings. The monoisotopic (exact) mass is 427 g/mol. The van der Waals surface area contributed by atoms with Crippen LogP contribution in [0, 0.1) is 16.7 Å². The Bertz CT molecular complexity index is 895. The van der Waals surface area contributed by atoms with E-state index in [9.17, 15) is 14.9 Å². The Morgan fingerprint density at radius 2 is 2.03 bits per heavy atom. The summed E-state index contributed by atoms with van der Waals surface area (Å²) < 4.78 is 11.5. The highest BCUT2D eigenvalue weighted by Gasteiger charge is 2.35. The molecule has 3 atom stereocenters. The van der Waals surface area contributed by atoms with Crippen LogP contribution < -0.4 is 10.6 Å². The molecule has 0 saturated heterocycles. The van der Waals surface area contributed by atoms with Crippen LogP contribution in [0.15, 0.2) is 35.4 Å². The van der Waals surface area contributed by atoms with Gasteiger partial charge in [0.05, 0.1) is 12.3 Å². The van der Waals surface area contributed by atoms with Gasteiger partial charge in [0.1, 0.15) is 23.7 Å². The fraction of sp³-hybridized carbons (Fsp3) is 0.500. The molecule has 1 aromatic heterocycles. The molecule has 1 saturated carbocycles. The summed E-state index contributed by atoms with van der Waals surface area (Å²) in [6.07, 6.45) is 6.04. The van der Waals surface area contributed by atoms with Gasteiger partial charge < -0.3 is 20.3 Å². The minimum Gasteiger partial charge on any atom is -0.612 e. The summed E-state index contributed by atoms with van der Waals surface area (Å²) >= 11 is -0.972. The first kappa shape index (κ1) is 22.3. The largest absolute Gasteiger partial charge is 0.612 e. The molecule has 8 heteroatoms. The highest BCUT2D eigenvalue weighted by molar-refractivity contribution is 7.90. The van der Waals surface area contributed by atoms with Gasteiger partial charge in [-0.3, -0.25) is 0 Å². The maximum atomic E-state index is 11.5. The minimum absolute atomic E-state index is 0.154. The summed E-state index contributed by atoms with van der Waals surface area (Å²) in [4.78, 5) is 9.58. The Morgan fingerprint density at radius 3 is 2.67 bits per heavy atom. The molecular formula is C22H29N5O2S. The molecule has 1 aliphatic carbocycles. The van der Waals surface area contributed by atoms with Crippen LogP contribution >= 0.6 is 0 Å². The van der Waals surface area contributed by atoms with Crippen LogP contribution in [0.3, 0.4) is 0 Å². The van der Waals surface area contributed by atoms with E-state index in [1.807, 2.05) is 24.3 Å². The van der Waals surface area contributed by atoms with Crippen LogP contribution in [0.2, 0.25) is 0 Å². The first-order chi connectivity index (χ1) is 14.3. The van der Waals surface area contributed by atoms with Crippen molar-refractivity contribution >= 4 is 22.9 Å². The average Bonchev–Trinajstić information content (AvgIpc) is 2.71. The molecule has 0 amide bonds. The molecule has 1 unspecified atom stereocenters. The van der Waals surface area contributed by atoms with Gasteiger partial charge in [-0.2, -0.15) is 10.2 Å². The van der Waals surface area contributed by atoms with Crippen molar-refractivity contribution in [2.24, 2.45) is 5.41 Å². The number of aliphatic hydroxyl groups is 1. The molecule has 1 aliphatic rings. The van der Waals surface area contributed by atoms with Gasteiger partial charge in [0.25, 0.3) is 0 Å². The van der Waals surface area contributed by atoms with E-state index in [4.69, 9.17) is 0 Å². The van der Waals surface area contributed by atoms with E-state index in [0.717, 1.165) is 36.1 Å². The molecule has 1 fully saturated rings. The third-order valence-electron chi connectivity index (χ3n) is 5.67. The first-order valence-electron chi connectivity index (χ1n) is 10.2. The zero-order chi connectivity index (χ0) is 21.7. The number of nitrogens with one attached hydrogen (secondary N) is 2. The minimum atomic E-state index is -0.972. The van der Waals surface area contributed by atoms with Gasteiger partial charge in [0.15, 0.2) is 4.90 Å². The summed E-state index contributed by atoms with van der Waals surface area (Å²) in [5.41, 5.74) is 1.37. The number of nitrogens with zero attached hydrogens (tertiary/aromatic N) is 3. The molecule has 1 aromatic carbocycles. The molecule has 0 radical (unpaired) electrons. The average molecular weight is 428 g/mol. The highest BCUT2D eigenvalue weighted by atomic mass is 32.2. The number of aliphatic hydroxyl groups excluding tert-OH is 1. The third-order valence-corrected chi connectivity index (χ3v) is 6.60. The fourth-order valence-corrected chi connectivity index (χ4v) is 4.28. The van der Waals surface area contributed by atoms with Gasteiger partial charge in [-0.1, -0.05) is 26.0 Å². The fourth-order valence-electron chi connectivity index (χ4n) is 3.76. The molecule has 1 heterocycles. The second kappa shape index (κ2) is 9.65. The predicted octanol–water partition coefficient (Wildman–Crippen LogP) is 3.09. The molecular weight excluding hydrogens is 398 g/mol. The number of nitriles is 1. The topological polar surface area (TPSA) is 117 Å². The number of aromatic nitrogens is 2. The second-order valence-corrected chi connectivity index (χ2v) is 9.85. The number of hydrogen-bond donors (Lipinski definition) is 3. The van der Waals surface area contributed by atoms with Crippen molar-refractivity contribution in [3.05, 3.63) is 41.6 Å². The van der Waals surface area contributed by atoms with Gasteiger partial charge in [0, 0.05) is 12.6 Å². The van der Waals surface area contributed by atoms with E-state index >= 15 is 0 Å². The van der Waals surface area contributed by atoms with Crippen molar-refractivity contribution in [1.29, 1.82) is 5.26 Å². The van der Waals surface area contributed by atoms with Crippen molar-refractivity contribution in [2.45, 2.75) is 56.6 Å². The molecule has 3 rings (SSSR count). The van der Waals surface area contributed by atoms with Gasteiger partial charge in [0.2, 0.25) is 5.95 Å². The van der Waals surface area contributed by atoms with E-state index in [1.165, 1.54) is 6.20 Å². The van der Waals surface area contributed by atoms with Gasteiger partial charge >= 0.3 is 0 Å². The van der Waals surface area contributed by atoms with Crippen molar-refractivity contribution in [1.82, 2.24) is 9.97 Å². The Hall–Kier alpha value is -2.34. The molecule has 7 nitrogen and oxygen atoms in total. The van der Waals surface area contributed by atoms with Crippen molar-refractivity contribution in [3.63, 3.8) is 0 Å². The lowest BCUT2D eigenvalue weighted by molar-refractivity contribution is 0.00926. The molecule has 3 N–H and O–H groups in total. The summed E-state index contributed by atoms with van der Waals surface area (Å²) in [7, 11) is 0. The van der Waals surface area contributed by atoms with Crippen LogP contribution in [0.25, 0.3) is 0 Å². The first-order valence-corrected chi connectivity index (χ1v) is 11.7. The molecule has 30 heavy (non-hydrogen) atoms. The van der Waals surface area contributed by atoms with E-state index in [2.05, 4.69) is 40.5 Å². The highest BCUT2D eigenvalue weighted by Crippen LogP contribution is 2.36. The SMILES string of the molecule is C[S+]([O-])c1ccc(CCNc2ncc(C#N)c(N[C@@H]3CC[C@H](O)C(C)(C)C3)n2)cc1. The van der Waals surface area contributed by atoms with E-state index in [-0.39, 0.29) is 17.6 Å². The Morgan fingerprint density at radius 1 is 1.30 bits per heavy atom. The Balaban J connectivity index is 1.61. The third kappa shape index (κ3) is 5.63. The van der Waals surface area contributed by atoms with Crippen LogP contribution in [0.1, 0.15) is 44.2 Å². The maximum absolute atomic E-state index is 11.5. The Labute approximate surface area is 181 Å². The number of anilines is 2. The van der Waals surface area contributed by atoms with E-state index in [0.29, 0.717) is 23.9 Å². The maximum Gasteiger partial charge on any atom is 0.224 e. The summed E-state index contributed by atoms with van der Waals surface area (Å²) in [5, 5.41) is 26.2. The number of benzene rings is 1. The van der Waals surface area contributed by atoms with Gasteiger partial charge in [-0.05, 0) is 60.0 Å². The second-order valence-electron chi connectivity index (χ2n) is 8.47. The van der Waals surface area contributed by atoms with Gasteiger partial charge in [-0.25, -0.2) is 4.98 Å². The normalized spacial score (nSPS) is 21.5. The van der Waals surface area contributed by atoms with Crippen molar-refractivity contribution in [3.8, 4) is 6.07 Å². The van der Waals surface area contributed by atoms with E-state index < -0.39 is 11.2 Å². The number of hydrogen-bond acceptors (Lipinski definition) is 7. The van der Waals surface area contributed by atoms with Crippen molar-refractivity contribution < 1.29 is 9.66 Å². The Kier molecular flexibility index (Phi) is 7.19. The molecule has 0 aliphatic heterocycles. The zero-order valence-electron chi connectivity index (χ0n) is 17.7. The van der Waals surface area contributed by atoms with Crippen LogP contribution in [0.5, 0.6) is 0 Å². The van der Waals surface area contributed by atoms with Crippen LogP contribution in [-0.2, 0) is 17.6 Å².